The SMILES string of the molecule is [N-]=[N+]=NCC(=O)NCCCCC(NC(=O)CCN1C(=O)C=CC1=O)C(=O)NCCOCCOCCOCCOCCC(=O)NCCCC[C@@H]1NC(=O)[C@@H](Cc2ccccc2)NC(=O)[C@H](CC(=O)O)NC(=O)CNC(=O)[C@H](CCCNC(=N)N)NC1=O. The third kappa shape index (κ3) is 31.2. The zero-order valence-corrected chi connectivity index (χ0v) is 47.9. The minimum absolute atomic E-state index is 0.0109. The number of guanidine groups is 1. The average molecular weight is 1210 g/mol. The average Bonchev–Trinajstić information content (AvgIpc) is 3.86. The molecule has 2 aliphatic heterocycles. The van der Waals surface area contributed by atoms with Crippen molar-refractivity contribution >= 4 is 76.9 Å². The van der Waals surface area contributed by atoms with Crippen LogP contribution in [0.4, 0.5) is 0 Å². The van der Waals surface area contributed by atoms with Crippen LogP contribution in [0.3, 0.4) is 0 Å². The highest BCUT2D eigenvalue weighted by Gasteiger charge is 2.33. The number of amides is 11. The Kier molecular flexibility index (Phi) is 35.0. The number of nitrogens with two attached hydrogens (primary N) is 1. The predicted octanol–water partition coefficient (Wildman–Crippen LogP) is -3.71. The van der Waals surface area contributed by atoms with Crippen molar-refractivity contribution in [3.05, 3.63) is 58.5 Å². The monoisotopic (exact) mass is 1210 g/mol. The van der Waals surface area contributed by atoms with Crippen molar-refractivity contribution in [2.24, 2.45) is 10.8 Å². The van der Waals surface area contributed by atoms with Gasteiger partial charge in [-0.15, -0.1) is 0 Å². The summed E-state index contributed by atoms with van der Waals surface area (Å²) in [7, 11) is 0. The van der Waals surface area contributed by atoms with E-state index in [0.717, 1.165) is 17.1 Å². The van der Waals surface area contributed by atoms with Crippen LogP contribution < -0.4 is 58.9 Å². The molecule has 2 aliphatic rings. The first kappa shape index (κ1) is 71.5. The molecule has 1 saturated heterocycles. The summed E-state index contributed by atoms with van der Waals surface area (Å²) in [5.41, 5.74) is 14.3. The number of nitrogens with zero attached hydrogens (tertiary/aromatic N) is 4. The Balaban J connectivity index is 1.36. The first-order valence-electron chi connectivity index (χ1n) is 28.1. The van der Waals surface area contributed by atoms with Gasteiger partial charge in [0.15, 0.2) is 5.96 Å². The van der Waals surface area contributed by atoms with Gasteiger partial charge < -0.3 is 83.0 Å². The molecule has 1 unspecified atom stereocenters. The fraction of sp³-hybridized carbons (Fsp3) is 0.604. The minimum atomic E-state index is -1.63. The number of carboxylic acids is 1. The largest absolute Gasteiger partial charge is 0.481 e. The molecule has 3 rings (SSSR count). The first-order chi connectivity index (χ1) is 41.4. The summed E-state index contributed by atoms with van der Waals surface area (Å²) in [6.07, 6.45) is 3.13. The second kappa shape index (κ2) is 42.1. The van der Waals surface area contributed by atoms with Crippen LogP contribution in [0.15, 0.2) is 47.6 Å². The molecule has 2 heterocycles. The third-order valence-electron chi connectivity index (χ3n) is 12.6. The fourth-order valence-corrected chi connectivity index (χ4v) is 8.20. The van der Waals surface area contributed by atoms with Crippen molar-refractivity contribution in [2.75, 3.05) is 98.7 Å². The molecule has 86 heavy (non-hydrogen) atoms. The Morgan fingerprint density at radius 2 is 1.21 bits per heavy atom. The van der Waals surface area contributed by atoms with Crippen molar-refractivity contribution in [3.8, 4) is 0 Å². The molecule has 0 saturated carbocycles. The lowest BCUT2D eigenvalue weighted by Crippen LogP contribution is -2.58. The highest BCUT2D eigenvalue weighted by molar-refractivity contribution is 6.13. The molecule has 1 fully saturated rings. The van der Waals surface area contributed by atoms with Gasteiger partial charge in [0.05, 0.1) is 65.8 Å². The van der Waals surface area contributed by atoms with Gasteiger partial charge in [0, 0.05) is 69.0 Å². The maximum atomic E-state index is 14.0. The second-order valence-corrected chi connectivity index (χ2v) is 19.4. The molecule has 33 heteroatoms. The van der Waals surface area contributed by atoms with Crippen LogP contribution in [0.5, 0.6) is 0 Å². The number of benzene rings is 1. The summed E-state index contributed by atoms with van der Waals surface area (Å²) in [5, 5.41) is 46.0. The van der Waals surface area contributed by atoms with E-state index in [1.165, 1.54) is 0 Å². The van der Waals surface area contributed by atoms with Crippen LogP contribution in [0, 0.1) is 5.41 Å². The van der Waals surface area contributed by atoms with Crippen molar-refractivity contribution in [1.29, 1.82) is 5.41 Å². The quantitative estimate of drug-likeness (QED) is 0.00572. The summed E-state index contributed by atoms with van der Waals surface area (Å²) >= 11 is 0. The molecular weight excluding hydrogens is 1130 g/mol. The molecule has 5 atom stereocenters. The molecule has 0 spiro atoms. The number of hydrogen-bond acceptors (Lipinski definition) is 18. The van der Waals surface area contributed by atoms with Crippen LogP contribution in [-0.4, -0.2) is 216 Å². The van der Waals surface area contributed by atoms with E-state index < -0.39 is 108 Å². The highest BCUT2D eigenvalue weighted by atomic mass is 16.6. The summed E-state index contributed by atoms with van der Waals surface area (Å²) < 4.78 is 22.1. The Bertz CT molecular complexity index is 2500. The Morgan fingerprint density at radius 3 is 1.85 bits per heavy atom. The van der Waals surface area contributed by atoms with Gasteiger partial charge in [-0.25, -0.2) is 0 Å². The molecule has 0 radical (unpaired) electrons. The van der Waals surface area contributed by atoms with Gasteiger partial charge in [0.25, 0.3) is 11.8 Å². The van der Waals surface area contributed by atoms with Gasteiger partial charge in [-0.1, -0.05) is 35.4 Å². The molecule has 0 bridgehead atoms. The summed E-state index contributed by atoms with van der Waals surface area (Å²) in [6, 6.07) is 2.13. The molecule has 1 aromatic carbocycles. The zero-order chi connectivity index (χ0) is 62.9. The molecule has 33 nitrogen and oxygen atoms in total. The lowest BCUT2D eigenvalue weighted by Gasteiger charge is -2.26. The van der Waals surface area contributed by atoms with Gasteiger partial charge >= 0.3 is 5.97 Å². The summed E-state index contributed by atoms with van der Waals surface area (Å²) in [6.45, 7) is 1.14. The van der Waals surface area contributed by atoms with Gasteiger partial charge in [-0.3, -0.25) is 67.8 Å². The first-order valence-corrected chi connectivity index (χ1v) is 28.1. The molecular formula is C53H80N16O17. The topological polar surface area (TPSA) is 484 Å². The van der Waals surface area contributed by atoms with E-state index in [0.29, 0.717) is 24.8 Å². The highest BCUT2D eigenvalue weighted by Crippen LogP contribution is 2.11. The van der Waals surface area contributed by atoms with E-state index in [2.05, 4.69) is 63.2 Å². The van der Waals surface area contributed by atoms with E-state index in [9.17, 15) is 62.6 Å². The number of nitrogens with one attached hydrogen (secondary N) is 11. The van der Waals surface area contributed by atoms with Crippen molar-refractivity contribution in [1.82, 2.24) is 58.1 Å². The van der Waals surface area contributed by atoms with Crippen LogP contribution >= 0.6 is 0 Å². The van der Waals surface area contributed by atoms with Crippen molar-refractivity contribution < 1.29 is 81.6 Å². The summed E-state index contributed by atoms with van der Waals surface area (Å²) in [4.78, 5) is 157. The zero-order valence-electron chi connectivity index (χ0n) is 47.9. The molecule has 14 N–H and O–H groups in total. The lowest BCUT2D eigenvalue weighted by molar-refractivity contribution is -0.141. The van der Waals surface area contributed by atoms with Crippen LogP contribution in [0.2, 0.25) is 0 Å². The Morgan fingerprint density at radius 1 is 0.651 bits per heavy atom. The standard InChI is InChI=1S/C53H80N16O17/c54-53(55)60-20-8-13-37-49(79)61-33-44(73)64-40(32-47(76)77)52(82)67-39(31-35-9-2-1-3-10-35)51(81)66-38(50(80)65-37)12-5-6-18-57-41(70)17-23-83-25-27-85-29-30-86-28-26-84-24-21-59-48(78)36(11-4-7-19-58-43(72)34-62-68-56)63-42(71)16-22-69-45(74)14-15-46(69)75/h1-3,9-10,14-15,36-40H,4-8,11-13,16-34H2,(H,57,70)(H,58,72)(H,59,78)(H,61,79)(H,63,71)(H,64,73)(H,65,80)(H,66,81)(H,67,82)(H,76,77)(H4,54,55,60)/t36?,37-,38-,39+,40-/m0/s1. The van der Waals surface area contributed by atoms with Gasteiger partial charge in [-0.05, 0) is 62.5 Å². The smallest absolute Gasteiger partial charge is 0.305 e. The minimum Gasteiger partial charge on any atom is -0.481 e. The number of aliphatic carboxylic acids is 1. The number of rotatable bonds is 40. The molecule has 1 aromatic rings. The van der Waals surface area contributed by atoms with E-state index in [4.69, 9.17) is 35.6 Å². The van der Waals surface area contributed by atoms with E-state index in [1.54, 1.807) is 30.3 Å². The normalized spacial score (nSPS) is 17.7. The number of imide groups is 1. The maximum absolute atomic E-state index is 14.0. The number of ether oxygens (including phenoxy) is 4. The summed E-state index contributed by atoms with van der Waals surface area (Å²) in [5.74, 6) is -8.85. The van der Waals surface area contributed by atoms with Crippen LogP contribution in [0.1, 0.15) is 76.2 Å². The van der Waals surface area contributed by atoms with Gasteiger partial charge in [0.2, 0.25) is 53.2 Å². The number of azide groups is 1. The van der Waals surface area contributed by atoms with Crippen LogP contribution in [0.25, 0.3) is 10.4 Å². The number of unbranched alkanes of at least 4 members (excludes halogenated alkanes) is 2. The fourth-order valence-electron chi connectivity index (χ4n) is 8.20. The van der Waals surface area contributed by atoms with Crippen LogP contribution in [-0.2, 0) is 82.9 Å². The Labute approximate surface area is 495 Å². The second-order valence-electron chi connectivity index (χ2n) is 19.4. The number of hydrogen-bond donors (Lipinski definition) is 13. The third-order valence-corrected chi connectivity index (χ3v) is 12.6. The molecule has 0 aromatic heterocycles. The Hall–Kier alpha value is -8.78. The van der Waals surface area contributed by atoms with Gasteiger partial charge in [0.1, 0.15) is 36.8 Å². The number of carbonyl (C=O) groups excluding carboxylic acids is 11. The number of carbonyl (C=O) groups is 12. The van der Waals surface area contributed by atoms with E-state index in [1.807, 2.05) is 0 Å². The molecule has 11 amide bonds. The maximum Gasteiger partial charge on any atom is 0.305 e. The van der Waals surface area contributed by atoms with Crippen molar-refractivity contribution in [3.63, 3.8) is 0 Å². The van der Waals surface area contributed by atoms with E-state index in [-0.39, 0.29) is 155 Å². The lowest BCUT2D eigenvalue weighted by atomic mass is 10.0. The van der Waals surface area contributed by atoms with E-state index >= 15 is 0 Å². The van der Waals surface area contributed by atoms with Crippen molar-refractivity contribution in [2.45, 2.75) is 107 Å². The number of carboxylic acid groups (broad SMARTS) is 1. The molecule has 474 valence electrons. The predicted molar refractivity (Wildman–Crippen MR) is 303 cm³/mol. The van der Waals surface area contributed by atoms with Gasteiger partial charge in [-0.2, -0.15) is 0 Å². The molecule has 0 aliphatic carbocycles.